The molecule has 0 saturated heterocycles. The minimum absolute atomic E-state index is 0.00572. The first kappa shape index (κ1) is 13.4. The summed E-state index contributed by atoms with van der Waals surface area (Å²) in [5.74, 6) is -0.903. The molecule has 0 heterocycles. The zero-order chi connectivity index (χ0) is 13.7. The van der Waals surface area contributed by atoms with Gasteiger partial charge in [0.2, 0.25) is 5.91 Å². The average Bonchev–Trinajstić information content (AvgIpc) is 3.19. The molecule has 0 unspecified atom stereocenters. The number of carbonyl (C=O) groups excluding carboxylic acids is 1. The van der Waals surface area contributed by atoms with Gasteiger partial charge in [0.05, 0.1) is 0 Å². The van der Waals surface area contributed by atoms with Crippen molar-refractivity contribution in [1.29, 1.82) is 0 Å². The predicted octanol–water partition coefficient (Wildman–Crippen LogP) is 1.25. The first-order valence-corrected chi connectivity index (χ1v) is 6.46. The van der Waals surface area contributed by atoms with E-state index in [0.717, 1.165) is 18.5 Å². The number of amides is 1. The number of rotatable bonds is 7. The van der Waals surface area contributed by atoms with Gasteiger partial charge in [-0.25, -0.2) is 0 Å². The number of benzene rings is 1. The quantitative estimate of drug-likeness (QED) is 0.776. The number of aliphatic carboxylic acids is 1. The summed E-state index contributed by atoms with van der Waals surface area (Å²) in [5, 5.41) is 11.8. The second kappa shape index (κ2) is 6.22. The summed E-state index contributed by atoms with van der Waals surface area (Å²) < 4.78 is 0. The fourth-order valence-electron chi connectivity index (χ4n) is 1.87. The van der Waals surface area contributed by atoms with Crippen LogP contribution >= 0.6 is 0 Å². The van der Waals surface area contributed by atoms with E-state index in [2.05, 4.69) is 5.32 Å². The molecule has 0 atom stereocenters. The van der Waals surface area contributed by atoms with Crippen LogP contribution in [0.3, 0.4) is 0 Å². The molecule has 0 radical (unpaired) electrons. The number of para-hydroxylation sites is 1. The molecule has 1 fully saturated rings. The minimum atomic E-state index is -0.897. The fraction of sp³-hybridized carbons (Fsp3) is 0.429. The van der Waals surface area contributed by atoms with Crippen molar-refractivity contribution in [1.82, 2.24) is 5.32 Å². The molecule has 0 bridgehead atoms. The summed E-state index contributed by atoms with van der Waals surface area (Å²) in [4.78, 5) is 24.2. The van der Waals surface area contributed by atoms with Gasteiger partial charge in [0.1, 0.15) is 6.54 Å². The molecule has 0 aromatic heterocycles. The lowest BCUT2D eigenvalue weighted by Crippen LogP contribution is -2.34. The van der Waals surface area contributed by atoms with Crippen LogP contribution in [0.1, 0.15) is 19.3 Å². The lowest BCUT2D eigenvalue weighted by molar-refractivity contribution is -0.135. The van der Waals surface area contributed by atoms with E-state index in [1.165, 1.54) is 0 Å². The van der Waals surface area contributed by atoms with Gasteiger partial charge in [-0.3, -0.25) is 9.59 Å². The summed E-state index contributed by atoms with van der Waals surface area (Å²) in [6, 6.07) is 9.63. The van der Waals surface area contributed by atoms with Crippen LogP contribution in [0.25, 0.3) is 0 Å². The van der Waals surface area contributed by atoms with Gasteiger partial charge < -0.3 is 15.3 Å². The van der Waals surface area contributed by atoms with Gasteiger partial charge in [-0.05, 0) is 25.0 Å². The molecule has 1 amide bonds. The maximum Gasteiger partial charge on any atom is 0.323 e. The molecule has 19 heavy (non-hydrogen) atoms. The molecule has 1 aromatic carbocycles. The molecule has 2 N–H and O–H groups in total. The number of nitrogens with zero attached hydrogens (tertiary/aromatic N) is 1. The largest absolute Gasteiger partial charge is 0.480 e. The van der Waals surface area contributed by atoms with E-state index in [-0.39, 0.29) is 12.5 Å². The van der Waals surface area contributed by atoms with E-state index in [9.17, 15) is 9.59 Å². The number of hydrogen-bond acceptors (Lipinski definition) is 3. The van der Waals surface area contributed by atoms with E-state index in [1.807, 2.05) is 30.3 Å². The fourth-order valence-corrected chi connectivity index (χ4v) is 1.87. The van der Waals surface area contributed by atoms with Crippen molar-refractivity contribution in [2.45, 2.75) is 25.3 Å². The minimum Gasteiger partial charge on any atom is -0.480 e. The first-order chi connectivity index (χ1) is 9.15. The molecule has 5 nitrogen and oxygen atoms in total. The van der Waals surface area contributed by atoms with Crippen LogP contribution in [-0.2, 0) is 9.59 Å². The van der Waals surface area contributed by atoms with Crippen LogP contribution in [0.15, 0.2) is 30.3 Å². The Labute approximate surface area is 112 Å². The third-order valence-corrected chi connectivity index (χ3v) is 3.00. The Kier molecular flexibility index (Phi) is 4.39. The van der Waals surface area contributed by atoms with E-state index < -0.39 is 5.97 Å². The van der Waals surface area contributed by atoms with E-state index in [4.69, 9.17) is 5.11 Å². The second-order valence-corrected chi connectivity index (χ2v) is 4.74. The van der Waals surface area contributed by atoms with Gasteiger partial charge in [-0.2, -0.15) is 0 Å². The molecule has 1 aliphatic carbocycles. The van der Waals surface area contributed by atoms with Crippen molar-refractivity contribution in [3.8, 4) is 0 Å². The van der Waals surface area contributed by atoms with Gasteiger partial charge in [0, 0.05) is 24.7 Å². The molecule has 0 aliphatic heterocycles. The Balaban J connectivity index is 1.89. The van der Waals surface area contributed by atoms with Crippen molar-refractivity contribution < 1.29 is 14.7 Å². The number of nitrogens with one attached hydrogen (secondary N) is 1. The summed E-state index contributed by atoms with van der Waals surface area (Å²) in [7, 11) is 0. The maximum atomic E-state index is 11.6. The van der Waals surface area contributed by atoms with E-state index >= 15 is 0 Å². The Morgan fingerprint density at radius 3 is 2.53 bits per heavy atom. The number of carboxylic acid groups (broad SMARTS) is 1. The highest BCUT2D eigenvalue weighted by atomic mass is 16.4. The van der Waals surface area contributed by atoms with Gasteiger partial charge in [0.15, 0.2) is 0 Å². The van der Waals surface area contributed by atoms with Gasteiger partial charge >= 0.3 is 5.97 Å². The Bertz CT molecular complexity index is 443. The average molecular weight is 262 g/mol. The van der Waals surface area contributed by atoms with Crippen LogP contribution in [0.4, 0.5) is 5.69 Å². The summed E-state index contributed by atoms with van der Waals surface area (Å²) in [6.45, 7) is 0.315. The summed E-state index contributed by atoms with van der Waals surface area (Å²) in [6.07, 6.45) is 2.44. The number of hydrogen-bond donors (Lipinski definition) is 2. The number of carboxylic acids is 1. The zero-order valence-corrected chi connectivity index (χ0v) is 10.7. The lowest BCUT2D eigenvalue weighted by Gasteiger charge is -2.22. The SMILES string of the molecule is O=C(O)CN(CCC(=O)NC1CC1)c1ccccc1. The molecular weight excluding hydrogens is 244 g/mol. The monoisotopic (exact) mass is 262 g/mol. The highest BCUT2D eigenvalue weighted by molar-refractivity contribution is 5.78. The summed E-state index contributed by atoms with van der Waals surface area (Å²) >= 11 is 0. The van der Waals surface area contributed by atoms with Crippen LogP contribution < -0.4 is 10.2 Å². The number of carbonyl (C=O) groups is 2. The lowest BCUT2D eigenvalue weighted by atomic mass is 10.2. The van der Waals surface area contributed by atoms with Crippen LogP contribution in [0.2, 0.25) is 0 Å². The Hall–Kier alpha value is -2.04. The van der Waals surface area contributed by atoms with Crippen molar-refractivity contribution in [3.63, 3.8) is 0 Å². The van der Waals surface area contributed by atoms with Crippen molar-refractivity contribution in [2.24, 2.45) is 0 Å². The van der Waals surface area contributed by atoms with E-state index in [0.29, 0.717) is 19.0 Å². The maximum absolute atomic E-state index is 11.6. The number of anilines is 1. The highest BCUT2D eigenvalue weighted by Gasteiger charge is 2.23. The molecule has 1 aliphatic rings. The normalized spacial score (nSPS) is 13.9. The molecule has 1 aromatic rings. The van der Waals surface area contributed by atoms with Crippen molar-refractivity contribution >= 4 is 17.6 Å². The molecular formula is C14H18N2O3. The van der Waals surface area contributed by atoms with Crippen LogP contribution in [0.5, 0.6) is 0 Å². The second-order valence-electron chi connectivity index (χ2n) is 4.74. The topological polar surface area (TPSA) is 69.6 Å². The zero-order valence-electron chi connectivity index (χ0n) is 10.7. The molecule has 0 spiro atoms. The predicted molar refractivity (Wildman–Crippen MR) is 72.1 cm³/mol. The van der Waals surface area contributed by atoms with Gasteiger partial charge in [-0.1, -0.05) is 18.2 Å². The summed E-state index contributed by atoms with van der Waals surface area (Å²) in [5.41, 5.74) is 0.823. The van der Waals surface area contributed by atoms with Crippen molar-refractivity contribution in [3.05, 3.63) is 30.3 Å². The Morgan fingerprint density at radius 1 is 1.26 bits per heavy atom. The molecule has 1 saturated carbocycles. The highest BCUT2D eigenvalue weighted by Crippen LogP contribution is 2.19. The standard InChI is InChI=1S/C14H18N2O3/c17-13(15-11-6-7-11)8-9-16(10-14(18)19)12-4-2-1-3-5-12/h1-5,11H,6-10H2,(H,15,17)(H,18,19). The third kappa shape index (κ3) is 4.62. The van der Waals surface area contributed by atoms with Crippen molar-refractivity contribution in [2.75, 3.05) is 18.0 Å². The van der Waals surface area contributed by atoms with E-state index in [1.54, 1.807) is 4.90 Å². The molecule has 2 rings (SSSR count). The van der Waals surface area contributed by atoms with Crippen LogP contribution in [0, 0.1) is 0 Å². The molecule has 5 heteroatoms. The smallest absolute Gasteiger partial charge is 0.323 e. The third-order valence-electron chi connectivity index (χ3n) is 3.00. The van der Waals surface area contributed by atoms with Crippen LogP contribution in [-0.4, -0.2) is 36.1 Å². The van der Waals surface area contributed by atoms with Gasteiger partial charge in [0.25, 0.3) is 0 Å². The molecule has 102 valence electrons. The first-order valence-electron chi connectivity index (χ1n) is 6.46. The van der Waals surface area contributed by atoms with Gasteiger partial charge in [-0.15, -0.1) is 0 Å². The Morgan fingerprint density at radius 2 is 1.95 bits per heavy atom.